The number of aliphatic hydroxyl groups is 1. The van der Waals surface area contributed by atoms with Gasteiger partial charge in [-0.15, -0.1) is 0 Å². The molecule has 1 saturated carbocycles. The van der Waals surface area contributed by atoms with Gasteiger partial charge >= 0.3 is 6.18 Å². The number of ether oxygens (including phenoxy) is 2. The summed E-state index contributed by atoms with van der Waals surface area (Å²) in [5.74, 6) is -1.42. The highest BCUT2D eigenvalue weighted by Crippen LogP contribution is 2.52. The van der Waals surface area contributed by atoms with Gasteiger partial charge in [0.2, 0.25) is 5.91 Å². The van der Waals surface area contributed by atoms with E-state index in [0.717, 1.165) is 0 Å². The predicted molar refractivity (Wildman–Crippen MR) is 109 cm³/mol. The molecule has 0 saturated heterocycles. The maximum absolute atomic E-state index is 14.2. The van der Waals surface area contributed by atoms with Crippen LogP contribution in [0.3, 0.4) is 0 Å². The second-order valence-electron chi connectivity index (χ2n) is 9.28. The molecule has 0 aromatic heterocycles. The lowest BCUT2D eigenvalue weighted by Crippen LogP contribution is -2.62. The number of halogens is 3. The molecule has 1 amide bonds. The summed E-state index contributed by atoms with van der Waals surface area (Å²) in [6.45, 7) is 5.92. The Hall–Kier alpha value is -2.29. The second-order valence-corrected chi connectivity index (χ2v) is 9.28. The highest BCUT2D eigenvalue weighted by Gasteiger charge is 2.69. The third-order valence-corrected chi connectivity index (χ3v) is 6.39. The Balaban J connectivity index is 1.91. The lowest BCUT2D eigenvalue weighted by molar-refractivity contribution is -0.318. The largest absolute Gasteiger partial charge is 0.493 e. The fraction of sp³-hybridized carbons (Fsp3) is 0.636. The monoisotopic (exact) mass is 442 g/mol. The Bertz CT molecular complexity index is 878. The van der Waals surface area contributed by atoms with Crippen molar-refractivity contribution < 1.29 is 32.5 Å². The highest BCUT2D eigenvalue weighted by atomic mass is 19.4. The van der Waals surface area contributed by atoms with Gasteiger partial charge in [0.25, 0.3) is 5.72 Å². The Kier molecular flexibility index (Phi) is 6.03. The van der Waals surface area contributed by atoms with Gasteiger partial charge in [0.15, 0.2) is 11.5 Å². The molecule has 0 spiro atoms. The molecule has 2 aliphatic rings. The SMILES string of the molecule is COc1ccc(CC(=O)N2N=C3CC[C@H](C(C)(C)C)C[C@H]3[C@]2(O)C(F)(F)F)cc1OC. The lowest BCUT2D eigenvalue weighted by atomic mass is 9.66. The number of benzene rings is 1. The lowest BCUT2D eigenvalue weighted by Gasteiger charge is -2.42. The van der Waals surface area contributed by atoms with E-state index in [0.29, 0.717) is 29.9 Å². The van der Waals surface area contributed by atoms with Crippen LogP contribution < -0.4 is 9.47 Å². The fourth-order valence-corrected chi connectivity index (χ4v) is 4.49. The first kappa shape index (κ1) is 23.4. The van der Waals surface area contributed by atoms with Gasteiger partial charge in [-0.3, -0.25) is 4.79 Å². The average Bonchev–Trinajstić information content (AvgIpc) is 3.00. The number of methoxy groups -OCH3 is 2. The molecule has 3 atom stereocenters. The van der Waals surface area contributed by atoms with Gasteiger partial charge in [-0.1, -0.05) is 26.8 Å². The smallest absolute Gasteiger partial charge is 0.439 e. The fourth-order valence-electron chi connectivity index (χ4n) is 4.49. The molecule has 1 N–H and O–H groups in total. The first-order valence-corrected chi connectivity index (χ1v) is 10.2. The van der Waals surface area contributed by atoms with Crippen molar-refractivity contribution in [3.8, 4) is 11.5 Å². The molecule has 1 aromatic carbocycles. The average molecular weight is 442 g/mol. The van der Waals surface area contributed by atoms with Gasteiger partial charge < -0.3 is 14.6 Å². The van der Waals surface area contributed by atoms with Crippen LogP contribution in [0.2, 0.25) is 0 Å². The van der Waals surface area contributed by atoms with Gasteiger partial charge in [0, 0.05) is 5.71 Å². The van der Waals surface area contributed by atoms with Crippen LogP contribution in [0.25, 0.3) is 0 Å². The number of carbonyl (C=O) groups is 1. The summed E-state index contributed by atoms with van der Waals surface area (Å²) < 4.78 is 52.8. The van der Waals surface area contributed by atoms with Crippen molar-refractivity contribution in [2.24, 2.45) is 22.4 Å². The van der Waals surface area contributed by atoms with Crippen molar-refractivity contribution >= 4 is 11.6 Å². The van der Waals surface area contributed by atoms with Crippen LogP contribution in [0.4, 0.5) is 13.2 Å². The standard InChI is InChI=1S/C22H29F3N2O4/c1-20(2,3)14-7-8-16-15(12-14)21(29,22(23,24)25)27(26-16)19(28)11-13-6-9-17(30-4)18(10-13)31-5/h6,9-10,14-15,29H,7-8,11-12H2,1-5H3/t14-,15+,21-/m0/s1. The molecular formula is C22H29F3N2O4. The van der Waals surface area contributed by atoms with E-state index in [9.17, 15) is 23.1 Å². The van der Waals surface area contributed by atoms with Gasteiger partial charge in [0.1, 0.15) is 0 Å². The molecule has 3 rings (SSSR count). The summed E-state index contributed by atoms with van der Waals surface area (Å²) in [7, 11) is 2.88. The van der Waals surface area contributed by atoms with Crippen LogP contribution in [0.1, 0.15) is 45.6 Å². The molecule has 1 aliphatic heterocycles. The first-order chi connectivity index (χ1) is 14.3. The Labute approximate surface area is 180 Å². The molecule has 9 heteroatoms. The van der Waals surface area contributed by atoms with Crippen LogP contribution in [0.15, 0.2) is 23.3 Å². The van der Waals surface area contributed by atoms with E-state index >= 15 is 0 Å². The molecule has 1 aromatic rings. The number of amides is 1. The molecule has 6 nitrogen and oxygen atoms in total. The quantitative estimate of drug-likeness (QED) is 0.760. The van der Waals surface area contributed by atoms with Crippen LogP contribution in [-0.4, -0.2) is 47.9 Å². The number of rotatable bonds is 4. The molecule has 0 radical (unpaired) electrons. The molecule has 0 unspecified atom stereocenters. The number of hydrogen-bond donors (Lipinski definition) is 1. The summed E-state index contributed by atoms with van der Waals surface area (Å²) in [5, 5.41) is 15.2. The van der Waals surface area contributed by atoms with Crippen molar-refractivity contribution in [1.82, 2.24) is 5.01 Å². The third kappa shape index (κ3) is 4.12. The summed E-state index contributed by atoms with van der Waals surface area (Å²) in [6, 6.07) is 4.66. The molecule has 172 valence electrons. The van der Waals surface area contributed by atoms with Crippen molar-refractivity contribution in [1.29, 1.82) is 0 Å². The van der Waals surface area contributed by atoms with E-state index in [2.05, 4.69) is 5.10 Å². The first-order valence-electron chi connectivity index (χ1n) is 10.2. The van der Waals surface area contributed by atoms with E-state index in [1.807, 2.05) is 20.8 Å². The molecule has 0 bridgehead atoms. The van der Waals surface area contributed by atoms with Crippen molar-refractivity contribution in [2.45, 2.75) is 58.4 Å². The number of hydrazone groups is 1. The van der Waals surface area contributed by atoms with E-state index in [1.54, 1.807) is 12.1 Å². The van der Waals surface area contributed by atoms with Gasteiger partial charge in [-0.05, 0) is 48.3 Å². The minimum Gasteiger partial charge on any atom is -0.493 e. The normalized spacial score (nSPS) is 26.4. The number of fused-ring (bicyclic) bond motifs is 1. The van der Waals surface area contributed by atoms with Crippen LogP contribution in [-0.2, 0) is 11.2 Å². The number of nitrogens with zero attached hydrogens (tertiary/aromatic N) is 2. The Morgan fingerprint density at radius 1 is 1.23 bits per heavy atom. The topological polar surface area (TPSA) is 71.4 Å². The summed E-state index contributed by atoms with van der Waals surface area (Å²) in [4.78, 5) is 12.9. The van der Waals surface area contributed by atoms with E-state index in [-0.39, 0.29) is 34.9 Å². The van der Waals surface area contributed by atoms with Crippen LogP contribution >= 0.6 is 0 Å². The second kappa shape index (κ2) is 8.00. The van der Waals surface area contributed by atoms with E-state index in [1.165, 1.54) is 20.3 Å². The summed E-state index contributed by atoms with van der Waals surface area (Å²) in [6.07, 6.45) is -4.30. The zero-order valence-electron chi connectivity index (χ0n) is 18.4. The molecule has 31 heavy (non-hydrogen) atoms. The van der Waals surface area contributed by atoms with Crippen molar-refractivity contribution in [3.05, 3.63) is 23.8 Å². The summed E-state index contributed by atoms with van der Waals surface area (Å²) in [5.41, 5.74) is -2.90. The van der Waals surface area contributed by atoms with Gasteiger partial charge in [-0.2, -0.15) is 23.3 Å². The molecular weight excluding hydrogens is 413 g/mol. The Morgan fingerprint density at radius 3 is 2.42 bits per heavy atom. The van der Waals surface area contributed by atoms with E-state index < -0.39 is 23.7 Å². The van der Waals surface area contributed by atoms with Crippen LogP contribution in [0, 0.1) is 17.3 Å². The minimum atomic E-state index is -5.05. The molecule has 1 aliphatic carbocycles. The van der Waals surface area contributed by atoms with Crippen LogP contribution in [0.5, 0.6) is 11.5 Å². The molecule has 1 heterocycles. The van der Waals surface area contributed by atoms with Gasteiger partial charge in [0.05, 0.1) is 26.6 Å². The third-order valence-electron chi connectivity index (χ3n) is 6.39. The number of alkyl halides is 3. The maximum atomic E-state index is 14.2. The zero-order chi connectivity index (χ0) is 23.2. The van der Waals surface area contributed by atoms with Crippen molar-refractivity contribution in [2.75, 3.05) is 14.2 Å². The zero-order valence-corrected chi connectivity index (χ0v) is 18.4. The Morgan fingerprint density at radius 2 is 1.87 bits per heavy atom. The number of hydrogen-bond acceptors (Lipinski definition) is 5. The molecule has 1 fully saturated rings. The number of carbonyl (C=O) groups excluding carboxylic acids is 1. The maximum Gasteiger partial charge on any atom is 0.439 e. The van der Waals surface area contributed by atoms with E-state index in [4.69, 9.17) is 9.47 Å². The summed E-state index contributed by atoms with van der Waals surface area (Å²) >= 11 is 0. The van der Waals surface area contributed by atoms with Crippen molar-refractivity contribution in [3.63, 3.8) is 0 Å². The highest BCUT2D eigenvalue weighted by molar-refractivity contribution is 5.93. The predicted octanol–water partition coefficient (Wildman–Crippen LogP) is 4.16. The van der Waals surface area contributed by atoms with Gasteiger partial charge in [-0.25, -0.2) is 0 Å². The minimum absolute atomic E-state index is 0.0220.